The standard InChI is InChI=1S/C12H20O4.C8H12O4.2K/c1-5-9(11(13)15-7-3)10(6-2)12(14)16-8-4;1-3-5(7(9)10)6(4-2)8(11)12;;/h5-8H2,1-4H3;3-4H2,1-2H3,(H,9,10)(H,11,12);;/b;6-5-;;. The van der Waals surface area contributed by atoms with Crippen LogP contribution in [0.2, 0.25) is 0 Å². The number of rotatable bonds is 10. The first-order valence-corrected chi connectivity index (χ1v) is 9.41. The van der Waals surface area contributed by atoms with Crippen molar-refractivity contribution >= 4 is 127 Å². The van der Waals surface area contributed by atoms with E-state index in [1.54, 1.807) is 27.7 Å². The van der Waals surface area contributed by atoms with Gasteiger partial charge in [-0.15, -0.1) is 0 Å². The summed E-state index contributed by atoms with van der Waals surface area (Å²) in [6.07, 6.45) is 1.43. The molecular weight excluding hydrogens is 446 g/mol. The smallest absolute Gasteiger partial charge is 0.334 e. The van der Waals surface area contributed by atoms with Crippen molar-refractivity contribution < 1.29 is 38.9 Å². The molecule has 0 heterocycles. The van der Waals surface area contributed by atoms with Crippen molar-refractivity contribution in [1.29, 1.82) is 0 Å². The van der Waals surface area contributed by atoms with Crippen LogP contribution < -0.4 is 0 Å². The Balaban J connectivity index is -0.000000219. The second-order valence-electron chi connectivity index (χ2n) is 5.38. The number of aliphatic carboxylic acids is 2. The van der Waals surface area contributed by atoms with E-state index in [2.05, 4.69) is 0 Å². The van der Waals surface area contributed by atoms with Gasteiger partial charge in [0.15, 0.2) is 0 Å². The molecule has 0 aliphatic heterocycles. The fourth-order valence-electron chi connectivity index (χ4n) is 2.39. The minimum atomic E-state index is -1.14. The molecule has 10 heteroatoms. The van der Waals surface area contributed by atoms with Crippen molar-refractivity contribution in [2.75, 3.05) is 13.2 Å². The average molecular weight is 479 g/mol. The molecule has 2 N–H and O–H groups in total. The summed E-state index contributed by atoms with van der Waals surface area (Å²) in [5, 5.41) is 17.2. The predicted octanol–water partition coefficient (Wildman–Crippen LogP) is 2.74. The van der Waals surface area contributed by atoms with Gasteiger partial charge in [-0.1, -0.05) is 27.7 Å². The van der Waals surface area contributed by atoms with Gasteiger partial charge in [0.1, 0.15) is 0 Å². The summed E-state index contributed by atoms with van der Waals surface area (Å²) in [5.41, 5.74) is 0.820. The number of ether oxygens (including phenoxy) is 2. The molecule has 0 saturated carbocycles. The fraction of sp³-hybridized carbons (Fsp3) is 0.600. The zero-order valence-corrected chi connectivity index (χ0v) is 25.8. The van der Waals surface area contributed by atoms with Crippen LogP contribution in [0.4, 0.5) is 0 Å². The first-order valence-electron chi connectivity index (χ1n) is 9.41. The minimum Gasteiger partial charge on any atom is -0.478 e. The summed E-state index contributed by atoms with van der Waals surface area (Å²) in [6, 6.07) is 0. The van der Waals surface area contributed by atoms with Gasteiger partial charge < -0.3 is 19.7 Å². The maximum atomic E-state index is 11.6. The molecule has 30 heavy (non-hydrogen) atoms. The Hall–Kier alpha value is 0.633. The van der Waals surface area contributed by atoms with E-state index in [1.165, 1.54) is 0 Å². The van der Waals surface area contributed by atoms with Gasteiger partial charge in [0.25, 0.3) is 0 Å². The molecule has 0 aromatic carbocycles. The molecule has 0 aromatic rings. The number of carboxylic acid groups (broad SMARTS) is 2. The van der Waals surface area contributed by atoms with Crippen molar-refractivity contribution in [1.82, 2.24) is 0 Å². The third-order valence-corrected chi connectivity index (χ3v) is 3.70. The van der Waals surface area contributed by atoms with Crippen LogP contribution in [-0.4, -0.2) is 150 Å². The summed E-state index contributed by atoms with van der Waals surface area (Å²) in [6.45, 7) is 11.0. The Bertz CT molecular complexity index is 572. The van der Waals surface area contributed by atoms with Crippen LogP contribution in [0.1, 0.15) is 67.2 Å². The molecule has 0 spiro atoms. The van der Waals surface area contributed by atoms with Gasteiger partial charge >= 0.3 is 23.9 Å². The molecule has 0 aromatic heterocycles. The second-order valence-corrected chi connectivity index (χ2v) is 5.38. The number of carboxylic acids is 2. The normalized spacial score (nSPS) is 11.1. The molecule has 0 aliphatic rings. The largest absolute Gasteiger partial charge is 0.478 e. The third-order valence-electron chi connectivity index (χ3n) is 3.70. The fourth-order valence-corrected chi connectivity index (χ4v) is 2.39. The van der Waals surface area contributed by atoms with Crippen LogP contribution in [0.3, 0.4) is 0 Å². The van der Waals surface area contributed by atoms with E-state index in [1.807, 2.05) is 13.8 Å². The summed E-state index contributed by atoms with van der Waals surface area (Å²) >= 11 is 0. The SMILES string of the molecule is CC/C(C(=O)O)=C(\CC)C(=O)O.CCOC(=O)C(CC)=C(CC)C(=O)OCC.[K].[K]. The van der Waals surface area contributed by atoms with Crippen LogP contribution in [0.5, 0.6) is 0 Å². The maximum absolute atomic E-state index is 11.6. The number of esters is 2. The van der Waals surface area contributed by atoms with E-state index in [9.17, 15) is 19.2 Å². The Morgan fingerprint density at radius 3 is 0.900 bits per heavy atom. The van der Waals surface area contributed by atoms with Crippen molar-refractivity contribution in [2.24, 2.45) is 0 Å². The Labute approximate surface area is 264 Å². The predicted molar refractivity (Wildman–Crippen MR) is 115 cm³/mol. The van der Waals surface area contributed by atoms with Gasteiger partial charge in [-0.3, -0.25) is 0 Å². The monoisotopic (exact) mass is 478 g/mol. The van der Waals surface area contributed by atoms with E-state index in [0.717, 1.165) is 0 Å². The molecule has 0 saturated heterocycles. The maximum Gasteiger partial charge on any atom is 0.334 e. The molecular formula is C20H32K2O8. The summed E-state index contributed by atoms with van der Waals surface area (Å²) in [4.78, 5) is 44.2. The summed E-state index contributed by atoms with van der Waals surface area (Å²) in [5.74, 6) is -3.13. The second kappa shape index (κ2) is 22.8. The van der Waals surface area contributed by atoms with Crippen LogP contribution >= 0.6 is 0 Å². The van der Waals surface area contributed by atoms with Gasteiger partial charge in [0, 0.05) is 125 Å². The molecule has 2 radical (unpaired) electrons. The van der Waals surface area contributed by atoms with Crippen LogP contribution in [0.15, 0.2) is 22.3 Å². The van der Waals surface area contributed by atoms with E-state index < -0.39 is 23.9 Å². The Kier molecular flexibility index (Phi) is 28.8. The van der Waals surface area contributed by atoms with E-state index in [4.69, 9.17) is 19.7 Å². The quantitative estimate of drug-likeness (QED) is 0.279. The van der Waals surface area contributed by atoms with E-state index in [0.29, 0.717) is 37.2 Å². The summed E-state index contributed by atoms with van der Waals surface area (Å²) in [7, 11) is 0. The van der Waals surface area contributed by atoms with Crippen LogP contribution in [0, 0.1) is 0 Å². The van der Waals surface area contributed by atoms with E-state index in [-0.39, 0.29) is 127 Å². The molecule has 0 unspecified atom stereocenters. The first kappa shape index (κ1) is 37.9. The zero-order valence-electron chi connectivity index (χ0n) is 19.6. The zero-order chi connectivity index (χ0) is 22.3. The van der Waals surface area contributed by atoms with Crippen molar-refractivity contribution in [3.63, 3.8) is 0 Å². The molecule has 0 rings (SSSR count). The molecule has 0 bridgehead atoms. The number of hydrogen-bond donors (Lipinski definition) is 2. The molecule has 0 amide bonds. The van der Waals surface area contributed by atoms with Gasteiger partial charge in [0.05, 0.1) is 13.2 Å². The van der Waals surface area contributed by atoms with E-state index >= 15 is 0 Å². The number of carbonyl (C=O) groups is 4. The van der Waals surface area contributed by atoms with Crippen LogP contribution in [0.25, 0.3) is 0 Å². The average Bonchev–Trinajstić information content (AvgIpc) is 2.63. The molecule has 162 valence electrons. The van der Waals surface area contributed by atoms with Crippen molar-refractivity contribution in [3.05, 3.63) is 22.3 Å². The third kappa shape index (κ3) is 14.6. The Morgan fingerprint density at radius 2 is 0.767 bits per heavy atom. The number of hydrogen-bond acceptors (Lipinski definition) is 6. The molecule has 0 atom stereocenters. The van der Waals surface area contributed by atoms with Gasteiger partial charge in [-0.25, -0.2) is 19.2 Å². The van der Waals surface area contributed by atoms with Crippen molar-refractivity contribution in [3.8, 4) is 0 Å². The topological polar surface area (TPSA) is 127 Å². The van der Waals surface area contributed by atoms with Gasteiger partial charge in [-0.05, 0) is 39.5 Å². The first-order chi connectivity index (χ1) is 13.2. The van der Waals surface area contributed by atoms with Gasteiger partial charge in [0.2, 0.25) is 0 Å². The van der Waals surface area contributed by atoms with Crippen molar-refractivity contribution in [2.45, 2.75) is 67.2 Å². The minimum absolute atomic E-state index is 0. The van der Waals surface area contributed by atoms with Crippen LogP contribution in [-0.2, 0) is 28.7 Å². The van der Waals surface area contributed by atoms with Gasteiger partial charge in [-0.2, -0.15) is 0 Å². The molecule has 8 nitrogen and oxygen atoms in total. The Morgan fingerprint density at radius 1 is 0.533 bits per heavy atom. The molecule has 0 fully saturated rings. The summed E-state index contributed by atoms with van der Waals surface area (Å²) < 4.78 is 9.80. The molecule has 0 aliphatic carbocycles. The number of carbonyl (C=O) groups excluding carboxylic acids is 2.